The molecule has 1 N–H and O–H groups in total. The minimum absolute atomic E-state index is 0.0529. The third-order valence-electron chi connectivity index (χ3n) is 3.67. The molecule has 1 atom stereocenters. The molecule has 0 saturated carbocycles. The van der Waals surface area contributed by atoms with Gasteiger partial charge in [-0.1, -0.05) is 6.07 Å². The number of likely N-dealkylation sites (N-methyl/N-ethyl adjacent to an activating group) is 1. The van der Waals surface area contributed by atoms with E-state index in [2.05, 4.69) is 23.7 Å². The Bertz CT molecular complexity index is 415. The van der Waals surface area contributed by atoms with Crippen molar-refractivity contribution in [2.24, 2.45) is 0 Å². The fourth-order valence-electron chi connectivity index (χ4n) is 2.02. The summed E-state index contributed by atoms with van der Waals surface area (Å²) >= 11 is 1.73. The van der Waals surface area contributed by atoms with Gasteiger partial charge < -0.3 is 15.0 Å². The van der Waals surface area contributed by atoms with Gasteiger partial charge in [-0.05, 0) is 25.3 Å². The fourth-order valence-corrected chi connectivity index (χ4v) is 2.85. The summed E-state index contributed by atoms with van der Waals surface area (Å²) in [6.07, 6.45) is 0.902. The number of carbonyl (C=O) groups excluding carboxylic acids is 1. The van der Waals surface area contributed by atoms with Crippen molar-refractivity contribution < 1.29 is 9.53 Å². The van der Waals surface area contributed by atoms with Gasteiger partial charge in [-0.25, -0.2) is 0 Å². The van der Waals surface area contributed by atoms with E-state index in [-0.39, 0.29) is 24.2 Å². The molecule has 19 heavy (non-hydrogen) atoms. The first-order valence-electron chi connectivity index (χ1n) is 6.63. The Kier molecular flexibility index (Phi) is 4.60. The monoisotopic (exact) mass is 282 g/mol. The molecule has 1 aromatic rings. The summed E-state index contributed by atoms with van der Waals surface area (Å²) in [5.41, 5.74) is -0.159. The van der Waals surface area contributed by atoms with Gasteiger partial charge in [-0.2, -0.15) is 0 Å². The topological polar surface area (TPSA) is 41.6 Å². The number of hydrogen-bond acceptors (Lipinski definition) is 4. The number of ether oxygens (including phenoxy) is 1. The molecular formula is C14H22N2O2S. The van der Waals surface area contributed by atoms with E-state index in [1.807, 2.05) is 20.0 Å². The van der Waals surface area contributed by atoms with Crippen LogP contribution >= 0.6 is 11.3 Å². The lowest BCUT2D eigenvalue weighted by Crippen LogP contribution is -2.59. The van der Waals surface area contributed by atoms with Crippen molar-refractivity contribution >= 4 is 17.2 Å². The normalized spacial score (nSPS) is 18.7. The minimum Gasteiger partial charge on any atom is -0.363 e. The van der Waals surface area contributed by atoms with Crippen LogP contribution in [-0.2, 0) is 16.0 Å². The molecular weight excluding hydrogens is 260 g/mol. The highest BCUT2D eigenvalue weighted by Crippen LogP contribution is 2.16. The Balaban J connectivity index is 1.77. The average molecular weight is 282 g/mol. The molecule has 1 fully saturated rings. The largest absolute Gasteiger partial charge is 0.363 e. The Morgan fingerprint density at radius 1 is 1.63 bits per heavy atom. The Morgan fingerprint density at radius 2 is 2.37 bits per heavy atom. The van der Waals surface area contributed by atoms with Gasteiger partial charge in [0.1, 0.15) is 6.61 Å². The van der Waals surface area contributed by atoms with Gasteiger partial charge in [0.15, 0.2) is 0 Å². The maximum atomic E-state index is 12.1. The highest BCUT2D eigenvalue weighted by atomic mass is 32.1. The molecule has 1 aromatic heterocycles. The van der Waals surface area contributed by atoms with E-state index in [0.717, 1.165) is 19.5 Å². The number of nitrogens with one attached hydrogen (secondary N) is 1. The maximum Gasteiger partial charge on any atom is 0.248 e. The zero-order valence-electron chi connectivity index (χ0n) is 11.8. The van der Waals surface area contributed by atoms with Gasteiger partial charge in [-0.3, -0.25) is 4.79 Å². The standard InChI is InChI=1S/C14H22N2O2S/c1-11(7-12-5-4-6-19-12)16(3)13(17)8-18-14(2)9-15-10-14/h4-6,11,15H,7-10H2,1-3H3. The van der Waals surface area contributed by atoms with Crippen LogP contribution in [0.15, 0.2) is 17.5 Å². The third-order valence-corrected chi connectivity index (χ3v) is 4.57. The first-order chi connectivity index (χ1) is 9.00. The highest BCUT2D eigenvalue weighted by molar-refractivity contribution is 7.09. The molecule has 0 radical (unpaired) electrons. The molecule has 0 aliphatic carbocycles. The van der Waals surface area contributed by atoms with Crippen LogP contribution in [0.5, 0.6) is 0 Å². The molecule has 1 aliphatic heterocycles. The summed E-state index contributed by atoms with van der Waals surface area (Å²) in [5, 5.41) is 5.23. The quantitative estimate of drug-likeness (QED) is 0.860. The van der Waals surface area contributed by atoms with Crippen molar-refractivity contribution in [2.45, 2.75) is 31.9 Å². The van der Waals surface area contributed by atoms with E-state index in [1.165, 1.54) is 4.88 Å². The number of thiophene rings is 1. The Hall–Kier alpha value is -0.910. The predicted octanol–water partition coefficient (Wildman–Crippen LogP) is 1.52. The van der Waals surface area contributed by atoms with E-state index < -0.39 is 0 Å². The van der Waals surface area contributed by atoms with Gasteiger partial charge in [0.05, 0.1) is 5.60 Å². The van der Waals surface area contributed by atoms with Crippen molar-refractivity contribution in [1.82, 2.24) is 10.2 Å². The molecule has 1 unspecified atom stereocenters. The Labute approximate surface area is 118 Å². The smallest absolute Gasteiger partial charge is 0.248 e. The third kappa shape index (κ3) is 3.78. The van der Waals surface area contributed by atoms with Gasteiger partial charge in [0.25, 0.3) is 0 Å². The van der Waals surface area contributed by atoms with E-state index in [4.69, 9.17) is 4.74 Å². The lowest BCUT2D eigenvalue weighted by Gasteiger charge is -2.39. The summed E-state index contributed by atoms with van der Waals surface area (Å²) in [6.45, 7) is 5.93. The summed E-state index contributed by atoms with van der Waals surface area (Å²) in [6, 6.07) is 4.35. The van der Waals surface area contributed by atoms with E-state index in [1.54, 1.807) is 16.2 Å². The number of rotatable bonds is 6. The SMILES string of the molecule is CC(Cc1cccs1)N(C)C(=O)COC1(C)CNC1. The van der Waals surface area contributed by atoms with Gasteiger partial charge in [0.2, 0.25) is 5.91 Å². The van der Waals surface area contributed by atoms with Crippen molar-refractivity contribution in [2.75, 3.05) is 26.7 Å². The van der Waals surface area contributed by atoms with Crippen molar-refractivity contribution in [3.05, 3.63) is 22.4 Å². The molecule has 1 amide bonds. The predicted molar refractivity (Wildman–Crippen MR) is 77.5 cm³/mol. The van der Waals surface area contributed by atoms with Crippen LogP contribution in [0.2, 0.25) is 0 Å². The van der Waals surface area contributed by atoms with E-state index >= 15 is 0 Å². The van der Waals surface area contributed by atoms with Crippen LogP contribution in [0.25, 0.3) is 0 Å². The minimum atomic E-state index is -0.159. The molecule has 106 valence electrons. The summed E-state index contributed by atoms with van der Waals surface area (Å²) in [4.78, 5) is 15.2. The maximum absolute atomic E-state index is 12.1. The van der Waals surface area contributed by atoms with Crippen LogP contribution in [0.1, 0.15) is 18.7 Å². The van der Waals surface area contributed by atoms with Crippen molar-refractivity contribution in [3.63, 3.8) is 0 Å². The fraction of sp³-hybridized carbons (Fsp3) is 0.643. The summed E-state index contributed by atoms with van der Waals surface area (Å²) < 4.78 is 5.68. The summed E-state index contributed by atoms with van der Waals surface area (Å²) in [5.74, 6) is 0.0529. The highest BCUT2D eigenvalue weighted by Gasteiger charge is 2.33. The molecule has 2 heterocycles. The lowest BCUT2D eigenvalue weighted by molar-refractivity contribution is -0.146. The second-order valence-corrected chi connectivity index (χ2v) is 6.51. The van der Waals surface area contributed by atoms with E-state index in [9.17, 15) is 4.79 Å². The molecule has 0 bridgehead atoms. The lowest BCUT2D eigenvalue weighted by atomic mass is 10.0. The van der Waals surface area contributed by atoms with Crippen LogP contribution in [0.4, 0.5) is 0 Å². The number of nitrogens with zero attached hydrogens (tertiary/aromatic N) is 1. The molecule has 2 rings (SSSR count). The van der Waals surface area contributed by atoms with Crippen LogP contribution in [0.3, 0.4) is 0 Å². The van der Waals surface area contributed by atoms with E-state index in [0.29, 0.717) is 0 Å². The van der Waals surface area contributed by atoms with Gasteiger partial charge in [-0.15, -0.1) is 11.3 Å². The zero-order valence-corrected chi connectivity index (χ0v) is 12.6. The zero-order chi connectivity index (χ0) is 13.9. The first kappa shape index (κ1) is 14.5. The molecule has 1 aliphatic rings. The number of amides is 1. The first-order valence-corrected chi connectivity index (χ1v) is 7.51. The van der Waals surface area contributed by atoms with Gasteiger partial charge >= 0.3 is 0 Å². The number of carbonyl (C=O) groups is 1. The second-order valence-electron chi connectivity index (χ2n) is 5.48. The second kappa shape index (κ2) is 6.03. The molecule has 4 nitrogen and oxygen atoms in total. The summed E-state index contributed by atoms with van der Waals surface area (Å²) in [7, 11) is 1.85. The molecule has 5 heteroatoms. The number of hydrogen-bond donors (Lipinski definition) is 1. The average Bonchev–Trinajstić information content (AvgIpc) is 2.85. The van der Waals surface area contributed by atoms with Crippen LogP contribution in [0, 0.1) is 0 Å². The van der Waals surface area contributed by atoms with Gasteiger partial charge in [0, 0.05) is 37.5 Å². The van der Waals surface area contributed by atoms with Crippen LogP contribution < -0.4 is 5.32 Å². The van der Waals surface area contributed by atoms with Crippen molar-refractivity contribution in [3.8, 4) is 0 Å². The molecule has 0 aromatic carbocycles. The van der Waals surface area contributed by atoms with Crippen LogP contribution in [-0.4, -0.2) is 49.2 Å². The molecule has 0 spiro atoms. The Morgan fingerprint density at radius 3 is 2.89 bits per heavy atom. The van der Waals surface area contributed by atoms with Crippen molar-refractivity contribution in [1.29, 1.82) is 0 Å². The molecule has 1 saturated heterocycles.